The fraction of sp³-hybridized carbons (Fsp3) is 0.396. The summed E-state index contributed by atoms with van der Waals surface area (Å²) < 4.78 is 5.87. The number of thiazole rings is 1. The van der Waals surface area contributed by atoms with Gasteiger partial charge in [-0.15, -0.1) is 21.5 Å². The Labute approximate surface area is 369 Å². The molecule has 15 heteroatoms. The molecule has 63 heavy (non-hydrogen) atoms. The van der Waals surface area contributed by atoms with Gasteiger partial charge in [0.15, 0.2) is 11.6 Å². The number of piperidine rings is 1. The number of carbonyl (C=O) groups is 3. The van der Waals surface area contributed by atoms with E-state index in [9.17, 15) is 24.6 Å². The number of amides is 3. The summed E-state index contributed by atoms with van der Waals surface area (Å²) in [5.41, 5.74) is 7.95. The molecule has 3 aliphatic heterocycles. The van der Waals surface area contributed by atoms with Gasteiger partial charge >= 0.3 is 0 Å². The molecule has 0 saturated carbocycles. The standard InChI is InChI=1S/C48H52N8O6S/c1-27(2)44(48(61)56-25-36(57)21-40(56)46(59)50-28(3)30-9-11-31(12-10-30)45-29(4)49-26-63-45)42-22-43(53-62-42)54-17-15-32(16-18-54)47(60)55-23-35(24-55)33-13-14-38-34(19-33)20-39(52-51-38)37-7-5-6-8-41(37)58/h5-14,19-20,22,26-28,32,35-36,40,44,57-58H,15-18,21,23-25H2,1-4H3,(H,50,59)/t28-,36+,40-,44+/m0/s1. The van der Waals surface area contributed by atoms with Crippen molar-refractivity contribution in [3.63, 3.8) is 0 Å². The zero-order valence-electron chi connectivity index (χ0n) is 35.8. The van der Waals surface area contributed by atoms with Gasteiger partial charge in [-0.1, -0.05) is 61.5 Å². The quantitative estimate of drug-likeness (QED) is 0.124. The minimum absolute atomic E-state index is 0.0525. The van der Waals surface area contributed by atoms with Crippen LogP contribution in [0.25, 0.3) is 32.6 Å². The maximum atomic E-state index is 14.3. The molecule has 3 aliphatic rings. The van der Waals surface area contributed by atoms with Gasteiger partial charge in [0, 0.05) is 68.0 Å². The first kappa shape index (κ1) is 42.1. The Morgan fingerprint density at radius 2 is 1.68 bits per heavy atom. The Bertz CT molecular complexity index is 2630. The number of aliphatic hydroxyl groups excluding tert-OH is 1. The molecule has 0 bridgehead atoms. The van der Waals surface area contributed by atoms with Crippen molar-refractivity contribution in [3.05, 3.63) is 107 Å². The van der Waals surface area contributed by atoms with Crippen LogP contribution in [0.2, 0.25) is 0 Å². The number of hydrogen-bond donors (Lipinski definition) is 3. The van der Waals surface area contributed by atoms with E-state index in [0.717, 1.165) is 38.2 Å². The summed E-state index contributed by atoms with van der Waals surface area (Å²) in [5, 5.41) is 38.1. The monoisotopic (exact) mass is 868 g/mol. The van der Waals surface area contributed by atoms with E-state index in [0.29, 0.717) is 61.9 Å². The van der Waals surface area contributed by atoms with E-state index >= 15 is 0 Å². The van der Waals surface area contributed by atoms with E-state index in [1.165, 1.54) is 4.90 Å². The molecule has 3 amide bonds. The summed E-state index contributed by atoms with van der Waals surface area (Å²) >= 11 is 1.59. The van der Waals surface area contributed by atoms with Crippen molar-refractivity contribution in [2.24, 2.45) is 11.8 Å². The molecule has 0 radical (unpaired) electrons. The largest absolute Gasteiger partial charge is 0.507 e. The molecule has 4 atom stereocenters. The number of phenols is 1. The summed E-state index contributed by atoms with van der Waals surface area (Å²) in [6.45, 7) is 10.4. The van der Waals surface area contributed by atoms with E-state index in [-0.39, 0.29) is 60.2 Å². The Kier molecular flexibility index (Phi) is 11.7. The number of aliphatic hydroxyl groups is 1. The van der Waals surface area contributed by atoms with Crippen molar-refractivity contribution < 1.29 is 29.1 Å². The van der Waals surface area contributed by atoms with Crippen LogP contribution in [0.3, 0.4) is 0 Å². The van der Waals surface area contributed by atoms with Crippen molar-refractivity contribution in [1.29, 1.82) is 0 Å². The minimum atomic E-state index is -0.831. The number of para-hydroxylation sites is 1. The number of fused-ring (bicyclic) bond motifs is 1. The fourth-order valence-corrected chi connectivity index (χ4v) is 10.1. The maximum Gasteiger partial charge on any atom is 0.243 e. The van der Waals surface area contributed by atoms with Crippen molar-refractivity contribution >= 4 is 45.8 Å². The molecule has 0 aliphatic carbocycles. The first-order chi connectivity index (χ1) is 30.4. The van der Waals surface area contributed by atoms with Gasteiger partial charge in [0.25, 0.3) is 0 Å². The third-order valence-corrected chi connectivity index (χ3v) is 14.0. The molecular weight excluding hydrogens is 817 g/mol. The van der Waals surface area contributed by atoms with Crippen LogP contribution in [0, 0.1) is 18.8 Å². The van der Waals surface area contributed by atoms with Crippen LogP contribution >= 0.6 is 11.3 Å². The normalized spacial score (nSPS) is 19.4. The van der Waals surface area contributed by atoms with Crippen LogP contribution in [0.1, 0.15) is 80.5 Å². The topological polar surface area (TPSA) is 178 Å². The third kappa shape index (κ3) is 8.51. The molecule has 14 nitrogen and oxygen atoms in total. The fourth-order valence-electron chi connectivity index (χ4n) is 9.31. The summed E-state index contributed by atoms with van der Waals surface area (Å²) in [7, 11) is 0. The Balaban J connectivity index is 0.788. The average molecular weight is 869 g/mol. The van der Waals surface area contributed by atoms with Gasteiger partial charge in [-0.3, -0.25) is 14.4 Å². The van der Waals surface area contributed by atoms with E-state index in [1.54, 1.807) is 23.5 Å². The second kappa shape index (κ2) is 17.5. The molecule has 3 saturated heterocycles. The lowest BCUT2D eigenvalue weighted by atomic mass is 9.87. The lowest BCUT2D eigenvalue weighted by Gasteiger charge is -2.43. The van der Waals surface area contributed by atoms with Gasteiger partial charge in [0.1, 0.15) is 17.7 Å². The number of aryl methyl sites for hydroxylation is 1. The molecule has 0 spiro atoms. The summed E-state index contributed by atoms with van der Waals surface area (Å²) in [5.74, 6) is 0.0130. The SMILES string of the molecule is Cc1ncsc1-c1ccc([C@H](C)NC(=O)[C@@H]2C[C@@H](O)CN2C(=O)[C@@H](c2cc(N3CCC(C(=O)N4CC(c5ccc6nnc(-c7ccccc7O)cc6c5)C4)CC3)no2)C(C)C)cc1. The smallest absolute Gasteiger partial charge is 0.243 e. The highest BCUT2D eigenvalue weighted by Crippen LogP contribution is 2.37. The van der Waals surface area contributed by atoms with Gasteiger partial charge in [-0.25, -0.2) is 4.98 Å². The van der Waals surface area contributed by atoms with Crippen LogP contribution in [0.5, 0.6) is 5.75 Å². The maximum absolute atomic E-state index is 14.3. The predicted molar refractivity (Wildman–Crippen MR) is 240 cm³/mol. The Morgan fingerprint density at radius 1 is 0.921 bits per heavy atom. The van der Waals surface area contributed by atoms with Gasteiger partial charge in [-0.2, -0.15) is 0 Å². The predicted octanol–water partition coefficient (Wildman–Crippen LogP) is 6.84. The molecule has 3 aromatic carbocycles. The van der Waals surface area contributed by atoms with E-state index in [4.69, 9.17) is 4.52 Å². The number of β-amino-alcohol motifs (C(OH)–C–C–N with tert-alkyl or cyclic N) is 1. The van der Waals surface area contributed by atoms with Crippen molar-refractivity contribution in [3.8, 4) is 27.4 Å². The number of nitrogens with zero attached hydrogens (tertiary/aromatic N) is 7. The number of aromatic nitrogens is 4. The molecule has 9 rings (SSSR count). The van der Waals surface area contributed by atoms with Crippen LogP contribution in [-0.2, 0) is 14.4 Å². The van der Waals surface area contributed by atoms with Crippen molar-refractivity contribution in [2.75, 3.05) is 37.6 Å². The molecule has 3 aromatic heterocycles. The van der Waals surface area contributed by atoms with Gasteiger partial charge in [-0.05, 0) is 79.6 Å². The first-order valence-electron chi connectivity index (χ1n) is 21.8. The highest BCUT2D eigenvalue weighted by atomic mass is 32.1. The van der Waals surface area contributed by atoms with Crippen LogP contribution in [0.15, 0.2) is 88.9 Å². The Morgan fingerprint density at radius 3 is 2.40 bits per heavy atom. The molecule has 6 aromatic rings. The Hall–Kier alpha value is -6.19. The minimum Gasteiger partial charge on any atom is -0.507 e. The van der Waals surface area contributed by atoms with Gasteiger partial charge in [0.2, 0.25) is 17.7 Å². The number of rotatable bonds is 11. The van der Waals surface area contributed by atoms with Crippen molar-refractivity contribution in [2.45, 2.75) is 77.0 Å². The lowest BCUT2D eigenvalue weighted by molar-refractivity contribution is -0.141. The van der Waals surface area contributed by atoms with E-state index < -0.39 is 18.1 Å². The zero-order valence-corrected chi connectivity index (χ0v) is 36.7. The molecule has 3 N–H and O–H groups in total. The third-order valence-electron chi connectivity index (χ3n) is 13.0. The number of hydrogen-bond acceptors (Lipinski definition) is 12. The van der Waals surface area contributed by atoms with E-state index in [2.05, 4.69) is 42.7 Å². The van der Waals surface area contributed by atoms with Crippen molar-refractivity contribution in [1.82, 2.24) is 35.5 Å². The van der Waals surface area contributed by atoms with Gasteiger partial charge in [0.05, 0.1) is 39.4 Å². The van der Waals surface area contributed by atoms with Gasteiger partial charge < -0.3 is 34.8 Å². The second-order valence-corrected chi connectivity index (χ2v) is 18.4. The number of phenolic OH excluding ortho intramolecular Hbond substituents is 1. The molecule has 3 fully saturated rings. The molecule has 0 unspecified atom stereocenters. The number of benzene rings is 3. The average Bonchev–Trinajstić information content (AvgIpc) is 4.03. The highest BCUT2D eigenvalue weighted by Gasteiger charge is 2.44. The zero-order chi connectivity index (χ0) is 43.9. The number of likely N-dealkylation sites (tertiary alicyclic amines) is 2. The van der Waals surface area contributed by atoms with Crippen LogP contribution in [0.4, 0.5) is 5.82 Å². The lowest BCUT2D eigenvalue weighted by Crippen LogP contribution is -2.52. The molecular formula is C48H52N8O6S. The summed E-state index contributed by atoms with van der Waals surface area (Å²) in [6, 6.07) is 23.9. The number of anilines is 1. The van der Waals surface area contributed by atoms with E-state index in [1.807, 2.05) is 92.7 Å². The number of carbonyl (C=O) groups excluding carboxylic acids is 3. The first-order valence-corrected chi connectivity index (χ1v) is 22.6. The number of aromatic hydroxyl groups is 1. The summed E-state index contributed by atoms with van der Waals surface area (Å²) in [6.07, 6.45) is 0.671. The molecule has 6 heterocycles. The second-order valence-electron chi connectivity index (χ2n) is 17.6. The van der Waals surface area contributed by atoms with Crippen LogP contribution < -0.4 is 10.2 Å². The molecule has 326 valence electrons. The highest BCUT2D eigenvalue weighted by molar-refractivity contribution is 7.13. The number of nitrogens with one attached hydrogen (secondary N) is 1. The van der Waals surface area contributed by atoms with Crippen LogP contribution in [-0.4, -0.2) is 103 Å². The summed E-state index contributed by atoms with van der Waals surface area (Å²) in [4.78, 5) is 52.7.